The third kappa shape index (κ3) is 6.33. The molecule has 0 bridgehead atoms. The van der Waals surface area contributed by atoms with Gasteiger partial charge in [0, 0.05) is 0 Å². The molecular weight excluding hydrogens is 196 g/mol. The summed E-state index contributed by atoms with van der Waals surface area (Å²) in [4.78, 5) is 11.2. The zero-order chi connectivity index (χ0) is 11.5. The first-order valence-electron chi connectivity index (χ1n) is 5.11. The average molecular weight is 210 g/mol. The molecule has 1 heteroatoms. The number of hydrogen-bond acceptors (Lipinski definition) is 1. The van der Waals surface area contributed by atoms with E-state index in [0.29, 0.717) is 0 Å². The van der Waals surface area contributed by atoms with Gasteiger partial charge in [-0.3, -0.25) is 4.79 Å². The van der Waals surface area contributed by atoms with Crippen molar-refractivity contribution in [2.45, 2.75) is 0 Å². The highest BCUT2D eigenvalue weighted by Crippen LogP contribution is 1.78. The van der Waals surface area contributed by atoms with E-state index >= 15 is 0 Å². The third-order valence-corrected chi connectivity index (χ3v) is 1.74. The molecule has 80 valence electrons. The van der Waals surface area contributed by atoms with E-state index in [4.69, 9.17) is 0 Å². The quantitative estimate of drug-likeness (QED) is 0.642. The van der Waals surface area contributed by atoms with Crippen LogP contribution in [0.2, 0.25) is 0 Å². The minimum Gasteiger partial charge on any atom is -0.290 e. The molecule has 0 unspecified atom stereocenters. The summed E-state index contributed by atoms with van der Waals surface area (Å²) in [5.41, 5.74) is -0.0183. The standard InChI is InChI=1S/C15H14O/c16-15-13-11-9-7-5-3-1-2-4-6-8-10-12-14-15/h1-14H. The molecular formula is C15H14O. The van der Waals surface area contributed by atoms with Crippen molar-refractivity contribution in [1.29, 1.82) is 0 Å². The molecule has 0 saturated heterocycles. The first-order valence-corrected chi connectivity index (χ1v) is 5.11. The Hall–Kier alpha value is -2.15. The molecule has 1 nitrogen and oxygen atoms in total. The van der Waals surface area contributed by atoms with Crippen LogP contribution in [0.15, 0.2) is 89.7 Å². The molecule has 0 N–H and O–H groups in total. The van der Waals surface area contributed by atoms with Crippen LogP contribution < -0.4 is 5.43 Å². The Balaban J connectivity index is 3.17. The van der Waals surface area contributed by atoms with Crippen molar-refractivity contribution in [3.8, 4) is 0 Å². The van der Waals surface area contributed by atoms with Gasteiger partial charge in [0.1, 0.15) is 0 Å². The second kappa shape index (κ2) is 8.18. The SMILES string of the molecule is O=c1cccccccccccccc1. The molecule has 1 aromatic rings. The van der Waals surface area contributed by atoms with E-state index in [-0.39, 0.29) is 5.43 Å². The van der Waals surface area contributed by atoms with E-state index in [9.17, 15) is 4.79 Å². The molecule has 1 aromatic carbocycles. The summed E-state index contributed by atoms with van der Waals surface area (Å²) in [6.07, 6.45) is 0. The van der Waals surface area contributed by atoms with Crippen molar-refractivity contribution >= 4 is 0 Å². The van der Waals surface area contributed by atoms with Gasteiger partial charge in [-0.05, 0) is 12.1 Å². The van der Waals surface area contributed by atoms with E-state index in [1.165, 1.54) is 12.1 Å². The lowest BCUT2D eigenvalue weighted by molar-refractivity contribution is 1.63. The fourth-order valence-corrected chi connectivity index (χ4v) is 0.998. The highest BCUT2D eigenvalue weighted by molar-refractivity contribution is 5.00. The average Bonchev–Trinajstić information content (AvgIpc) is 2.29. The van der Waals surface area contributed by atoms with E-state index in [1.807, 2.05) is 60.7 Å². The summed E-state index contributed by atoms with van der Waals surface area (Å²) in [5, 5.41) is 0. The van der Waals surface area contributed by atoms with Crippen LogP contribution in [0, 0.1) is 0 Å². The van der Waals surface area contributed by atoms with Crippen LogP contribution in [0.1, 0.15) is 0 Å². The Morgan fingerprint density at radius 1 is 0.438 bits per heavy atom. The van der Waals surface area contributed by atoms with Gasteiger partial charge in [-0.15, -0.1) is 0 Å². The predicted octanol–water partition coefficient (Wildman–Crippen LogP) is 3.30. The van der Waals surface area contributed by atoms with Crippen LogP contribution in [0.4, 0.5) is 0 Å². The maximum Gasteiger partial charge on any atom is 0.178 e. The Bertz CT molecular complexity index is 435. The molecule has 1 rings (SSSR count). The fraction of sp³-hybridized carbons (Fsp3) is 0. The Labute approximate surface area is 95.7 Å². The van der Waals surface area contributed by atoms with Crippen molar-refractivity contribution in [2.24, 2.45) is 0 Å². The van der Waals surface area contributed by atoms with Crippen molar-refractivity contribution in [2.75, 3.05) is 0 Å². The molecule has 0 fully saturated rings. The van der Waals surface area contributed by atoms with E-state index in [2.05, 4.69) is 0 Å². The first kappa shape index (κ1) is 11.9. The highest BCUT2D eigenvalue weighted by Gasteiger charge is 1.67. The fourth-order valence-electron chi connectivity index (χ4n) is 0.998. The highest BCUT2D eigenvalue weighted by atomic mass is 16.1. The minimum atomic E-state index is -0.0183. The molecule has 0 aliphatic carbocycles. The molecule has 0 radical (unpaired) electrons. The van der Waals surface area contributed by atoms with Crippen molar-refractivity contribution in [3.05, 3.63) is 95.2 Å². The van der Waals surface area contributed by atoms with Gasteiger partial charge in [-0.25, -0.2) is 0 Å². The van der Waals surface area contributed by atoms with Gasteiger partial charge in [-0.2, -0.15) is 0 Å². The summed E-state index contributed by atoms with van der Waals surface area (Å²) in [5.74, 6) is 0. The molecule has 0 atom stereocenters. The van der Waals surface area contributed by atoms with Crippen LogP contribution in [0.25, 0.3) is 0 Å². The first-order chi connectivity index (χ1) is 7.89. The van der Waals surface area contributed by atoms with Gasteiger partial charge in [0.25, 0.3) is 0 Å². The summed E-state index contributed by atoms with van der Waals surface area (Å²) < 4.78 is 0. The number of hydrogen-bond donors (Lipinski definition) is 0. The topological polar surface area (TPSA) is 17.1 Å². The molecule has 0 aromatic heterocycles. The molecule has 0 saturated carbocycles. The Morgan fingerprint density at radius 3 is 1.00 bits per heavy atom. The second-order valence-corrected chi connectivity index (χ2v) is 3.05. The summed E-state index contributed by atoms with van der Waals surface area (Å²) in [7, 11) is 0. The van der Waals surface area contributed by atoms with Gasteiger partial charge >= 0.3 is 0 Å². The second-order valence-electron chi connectivity index (χ2n) is 3.05. The maximum atomic E-state index is 11.2. The van der Waals surface area contributed by atoms with E-state index in [0.717, 1.165) is 0 Å². The minimum absolute atomic E-state index is 0.0183. The smallest absolute Gasteiger partial charge is 0.178 e. The predicted molar refractivity (Wildman–Crippen MR) is 68.0 cm³/mol. The zero-order valence-electron chi connectivity index (χ0n) is 8.99. The van der Waals surface area contributed by atoms with Gasteiger partial charge in [0.2, 0.25) is 0 Å². The van der Waals surface area contributed by atoms with Crippen molar-refractivity contribution in [1.82, 2.24) is 0 Å². The monoisotopic (exact) mass is 210 g/mol. The molecule has 0 aliphatic heterocycles. The summed E-state index contributed by atoms with van der Waals surface area (Å²) in [6, 6.07) is 25.5. The Kier molecular flexibility index (Phi) is 6.10. The molecule has 0 heterocycles. The zero-order valence-corrected chi connectivity index (χ0v) is 8.99. The van der Waals surface area contributed by atoms with Crippen LogP contribution >= 0.6 is 0 Å². The lowest BCUT2D eigenvalue weighted by Crippen LogP contribution is -1.88. The van der Waals surface area contributed by atoms with E-state index in [1.54, 1.807) is 12.1 Å². The summed E-state index contributed by atoms with van der Waals surface area (Å²) >= 11 is 0. The van der Waals surface area contributed by atoms with Crippen LogP contribution in [-0.4, -0.2) is 0 Å². The van der Waals surface area contributed by atoms with E-state index < -0.39 is 0 Å². The normalized spacial score (nSPS) is 8.25. The molecule has 0 aliphatic rings. The van der Waals surface area contributed by atoms with Crippen LogP contribution in [0.3, 0.4) is 0 Å². The van der Waals surface area contributed by atoms with Gasteiger partial charge in [-0.1, -0.05) is 72.8 Å². The van der Waals surface area contributed by atoms with Gasteiger partial charge in [0.15, 0.2) is 5.43 Å². The lowest BCUT2D eigenvalue weighted by atomic mass is 10.4. The molecule has 0 amide bonds. The van der Waals surface area contributed by atoms with Crippen LogP contribution in [0.5, 0.6) is 0 Å². The van der Waals surface area contributed by atoms with Crippen LogP contribution in [-0.2, 0) is 0 Å². The third-order valence-electron chi connectivity index (χ3n) is 1.74. The Morgan fingerprint density at radius 2 is 0.688 bits per heavy atom. The maximum absolute atomic E-state index is 11.2. The summed E-state index contributed by atoms with van der Waals surface area (Å²) in [6.45, 7) is 0. The molecule has 16 heavy (non-hydrogen) atoms. The lowest BCUT2D eigenvalue weighted by Gasteiger charge is -1.66. The van der Waals surface area contributed by atoms with Crippen molar-refractivity contribution < 1.29 is 0 Å². The van der Waals surface area contributed by atoms with Crippen molar-refractivity contribution in [3.63, 3.8) is 0 Å². The number of rotatable bonds is 0. The van der Waals surface area contributed by atoms with Gasteiger partial charge < -0.3 is 0 Å². The largest absolute Gasteiger partial charge is 0.290 e. The molecule has 0 spiro atoms. The van der Waals surface area contributed by atoms with Gasteiger partial charge in [0.05, 0.1) is 0 Å².